The Balaban J connectivity index is 1.73. The van der Waals surface area contributed by atoms with Gasteiger partial charge in [-0.15, -0.1) is 0 Å². The molecule has 2 heterocycles. The van der Waals surface area contributed by atoms with E-state index in [9.17, 15) is 9.50 Å². The van der Waals surface area contributed by atoms with E-state index in [1.807, 2.05) is 0 Å². The highest BCUT2D eigenvalue weighted by atomic mass is 19.1. The minimum Gasteiger partial charge on any atom is -0.508 e. The number of hydrogen-bond donors (Lipinski definition) is 2. The highest BCUT2D eigenvalue weighted by Gasteiger charge is 2.37. The summed E-state index contributed by atoms with van der Waals surface area (Å²) < 4.78 is 14.4. The first-order chi connectivity index (χ1) is 8.22. The van der Waals surface area contributed by atoms with E-state index in [0.717, 1.165) is 12.8 Å². The summed E-state index contributed by atoms with van der Waals surface area (Å²) >= 11 is 0. The molecule has 2 aliphatic rings. The van der Waals surface area contributed by atoms with Crippen LogP contribution in [0.15, 0.2) is 24.3 Å². The second-order valence-electron chi connectivity index (χ2n) is 5.36. The van der Waals surface area contributed by atoms with Gasteiger partial charge in [0, 0.05) is 12.1 Å². The predicted molar refractivity (Wildman–Crippen MR) is 64.6 cm³/mol. The van der Waals surface area contributed by atoms with Gasteiger partial charge in [0.1, 0.15) is 11.9 Å². The Morgan fingerprint density at radius 2 is 1.71 bits per heavy atom. The van der Waals surface area contributed by atoms with E-state index in [4.69, 9.17) is 0 Å². The summed E-state index contributed by atoms with van der Waals surface area (Å²) in [6.45, 7) is 0. The van der Waals surface area contributed by atoms with Crippen molar-refractivity contribution in [2.75, 3.05) is 0 Å². The lowest BCUT2D eigenvalue weighted by Gasteiger charge is -2.31. The van der Waals surface area contributed by atoms with Gasteiger partial charge in [0.05, 0.1) is 0 Å². The smallest absolute Gasteiger partial charge is 0.128 e. The van der Waals surface area contributed by atoms with Gasteiger partial charge in [-0.1, -0.05) is 12.1 Å². The minimum atomic E-state index is -0.888. The average Bonchev–Trinajstić information content (AvgIpc) is 2.68. The Kier molecular flexibility index (Phi) is 2.79. The van der Waals surface area contributed by atoms with Crippen molar-refractivity contribution in [3.05, 3.63) is 29.8 Å². The fraction of sp³-hybridized carbons (Fsp3) is 0.571. The Morgan fingerprint density at radius 1 is 1.12 bits per heavy atom. The van der Waals surface area contributed by atoms with Crippen LogP contribution >= 0.6 is 0 Å². The third-order valence-electron chi connectivity index (χ3n) is 4.13. The maximum atomic E-state index is 14.4. The quantitative estimate of drug-likeness (QED) is 0.826. The summed E-state index contributed by atoms with van der Waals surface area (Å²) in [6, 6.07) is 7.58. The standard InChI is InChI=1S/C14H18FNO/c15-14(9-1-5-13(17)6-2-9)10-7-11-3-4-12(8-10)16-11/h1-2,5-6,10-12,14,16-17H,3-4,7-8H2. The number of benzene rings is 1. The van der Waals surface area contributed by atoms with Gasteiger partial charge in [0.25, 0.3) is 0 Å². The Bertz CT molecular complexity index is 380. The Hall–Kier alpha value is -1.09. The Morgan fingerprint density at radius 3 is 2.29 bits per heavy atom. The molecule has 0 radical (unpaired) electrons. The summed E-state index contributed by atoms with van der Waals surface area (Å²) in [7, 11) is 0. The van der Waals surface area contributed by atoms with Crippen LogP contribution in [-0.4, -0.2) is 17.2 Å². The van der Waals surface area contributed by atoms with E-state index in [-0.39, 0.29) is 11.7 Å². The van der Waals surface area contributed by atoms with Crippen LogP contribution in [-0.2, 0) is 0 Å². The molecule has 0 amide bonds. The molecular formula is C14H18FNO. The first kappa shape index (κ1) is 11.0. The van der Waals surface area contributed by atoms with Crippen LogP contribution in [0.1, 0.15) is 37.4 Å². The van der Waals surface area contributed by atoms with Gasteiger partial charge in [-0.3, -0.25) is 0 Å². The van der Waals surface area contributed by atoms with E-state index < -0.39 is 6.17 Å². The number of rotatable bonds is 2. The molecule has 2 nitrogen and oxygen atoms in total. The molecule has 0 aliphatic carbocycles. The molecule has 1 aromatic carbocycles. The number of hydrogen-bond acceptors (Lipinski definition) is 2. The lowest BCUT2D eigenvalue weighted by atomic mass is 9.85. The zero-order chi connectivity index (χ0) is 11.8. The van der Waals surface area contributed by atoms with E-state index in [1.54, 1.807) is 24.3 Å². The van der Waals surface area contributed by atoms with Gasteiger partial charge in [-0.25, -0.2) is 4.39 Å². The number of piperidine rings is 1. The van der Waals surface area contributed by atoms with Gasteiger partial charge in [0.2, 0.25) is 0 Å². The number of nitrogens with one attached hydrogen (secondary N) is 1. The largest absolute Gasteiger partial charge is 0.508 e. The van der Waals surface area contributed by atoms with Gasteiger partial charge in [-0.05, 0) is 49.3 Å². The highest BCUT2D eigenvalue weighted by molar-refractivity contribution is 5.27. The molecule has 17 heavy (non-hydrogen) atoms. The molecule has 1 aromatic rings. The third kappa shape index (κ3) is 2.16. The molecule has 2 fully saturated rings. The Labute approximate surface area is 101 Å². The zero-order valence-corrected chi connectivity index (χ0v) is 9.77. The molecule has 92 valence electrons. The predicted octanol–water partition coefficient (Wildman–Crippen LogP) is 2.93. The third-order valence-corrected chi connectivity index (χ3v) is 4.13. The number of phenols is 1. The number of phenolic OH excluding ortho intramolecular Hbond substituents is 1. The molecule has 0 spiro atoms. The summed E-state index contributed by atoms with van der Waals surface area (Å²) in [5, 5.41) is 12.7. The SMILES string of the molecule is Oc1ccc(C(F)C2CC3CCC(C2)N3)cc1. The number of alkyl halides is 1. The van der Waals surface area contributed by atoms with Crippen molar-refractivity contribution in [2.24, 2.45) is 5.92 Å². The molecule has 3 unspecified atom stereocenters. The average molecular weight is 235 g/mol. The van der Waals surface area contributed by atoms with E-state index in [1.165, 1.54) is 12.8 Å². The van der Waals surface area contributed by atoms with Gasteiger partial charge in [-0.2, -0.15) is 0 Å². The van der Waals surface area contributed by atoms with Crippen LogP contribution in [0.4, 0.5) is 4.39 Å². The van der Waals surface area contributed by atoms with Crippen LogP contribution in [0.2, 0.25) is 0 Å². The van der Waals surface area contributed by atoms with Crippen LogP contribution in [0.25, 0.3) is 0 Å². The van der Waals surface area contributed by atoms with Crippen molar-refractivity contribution in [3.63, 3.8) is 0 Å². The van der Waals surface area contributed by atoms with Crippen molar-refractivity contribution >= 4 is 0 Å². The fourth-order valence-corrected chi connectivity index (χ4v) is 3.27. The summed E-state index contributed by atoms with van der Waals surface area (Å²) in [5.41, 5.74) is 0.703. The van der Waals surface area contributed by atoms with Crippen LogP contribution in [0.3, 0.4) is 0 Å². The number of aromatic hydroxyl groups is 1. The molecule has 2 N–H and O–H groups in total. The van der Waals surface area contributed by atoms with Crippen LogP contribution in [0, 0.1) is 5.92 Å². The minimum absolute atomic E-state index is 0.137. The van der Waals surface area contributed by atoms with Gasteiger partial charge >= 0.3 is 0 Å². The second kappa shape index (κ2) is 4.30. The molecule has 2 aliphatic heterocycles. The summed E-state index contributed by atoms with van der Waals surface area (Å²) in [5.74, 6) is 0.338. The first-order valence-electron chi connectivity index (χ1n) is 6.41. The van der Waals surface area contributed by atoms with Crippen molar-refractivity contribution in [1.82, 2.24) is 5.32 Å². The van der Waals surface area contributed by atoms with Gasteiger partial charge < -0.3 is 10.4 Å². The molecule has 3 rings (SSSR count). The van der Waals surface area contributed by atoms with E-state index in [2.05, 4.69) is 5.32 Å². The lowest BCUT2D eigenvalue weighted by molar-refractivity contribution is 0.164. The highest BCUT2D eigenvalue weighted by Crippen LogP contribution is 2.40. The molecule has 3 heteroatoms. The first-order valence-corrected chi connectivity index (χ1v) is 6.41. The zero-order valence-electron chi connectivity index (χ0n) is 9.77. The van der Waals surface area contributed by atoms with Gasteiger partial charge in [0.15, 0.2) is 0 Å². The van der Waals surface area contributed by atoms with E-state index >= 15 is 0 Å². The maximum absolute atomic E-state index is 14.4. The molecule has 2 saturated heterocycles. The molecule has 0 aromatic heterocycles. The van der Waals surface area contributed by atoms with Crippen molar-refractivity contribution < 1.29 is 9.50 Å². The lowest BCUT2D eigenvalue weighted by Crippen LogP contribution is -2.39. The molecule has 0 saturated carbocycles. The molecule has 2 bridgehead atoms. The topological polar surface area (TPSA) is 32.3 Å². The summed E-state index contributed by atoms with van der Waals surface area (Å²) in [4.78, 5) is 0. The van der Waals surface area contributed by atoms with Crippen molar-refractivity contribution in [3.8, 4) is 5.75 Å². The monoisotopic (exact) mass is 235 g/mol. The second-order valence-corrected chi connectivity index (χ2v) is 5.36. The fourth-order valence-electron chi connectivity index (χ4n) is 3.27. The van der Waals surface area contributed by atoms with E-state index in [0.29, 0.717) is 17.6 Å². The number of fused-ring (bicyclic) bond motifs is 2. The molecule has 3 atom stereocenters. The number of halogens is 1. The summed E-state index contributed by atoms with van der Waals surface area (Å²) in [6.07, 6.45) is 3.39. The maximum Gasteiger partial charge on any atom is 0.128 e. The van der Waals surface area contributed by atoms with Crippen LogP contribution < -0.4 is 5.32 Å². The van der Waals surface area contributed by atoms with Crippen LogP contribution in [0.5, 0.6) is 5.75 Å². The normalized spacial score (nSPS) is 33.6. The van der Waals surface area contributed by atoms with Crippen molar-refractivity contribution in [1.29, 1.82) is 0 Å². The van der Waals surface area contributed by atoms with Crippen molar-refractivity contribution in [2.45, 2.75) is 43.9 Å². The molecular weight excluding hydrogens is 217 g/mol.